The molecule has 0 aliphatic carbocycles. The molecule has 0 saturated carbocycles. The fourth-order valence-corrected chi connectivity index (χ4v) is 3.37. The summed E-state index contributed by atoms with van der Waals surface area (Å²) in [5.41, 5.74) is -0.228. The van der Waals surface area contributed by atoms with E-state index in [1.165, 1.54) is 16.9 Å². The molecule has 1 aromatic heterocycles. The number of nitro benzene ring substituents is 1. The number of rotatable bonds is 4. The number of hydrogen-bond acceptors (Lipinski definition) is 4. The Bertz CT molecular complexity index is 886. The van der Waals surface area contributed by atoms with Crippen LogP contribution >= 0.6 is 0 Å². The highest BCUT2D eigenvalue weighted by Crippen LogP contribution is 2.30. The van der Waals surface area contributed by atoms with E-state index < -0.39 is 16.8 Å². The first-order valence-corrected chi connectivity index (χ1v) is 8.89. The largest absolute Gasteiger partial charge is 0.435 e. The van der Waals surface area contributed by atoms with Crippen LogP contribution in [0.5, 0.6) is 0 Å². The van der Waals surface area contributed by atoms with Crippen LogP contribution in [0.2, 0.25) is 0 Å². The number of carbonyl (C=O) groups excluding carboxylic acids is 1. The number of nitrogens with zero attached hydrogens (tertiary/aromatic N) is 4. The number of piperidine rings is 1. The molecule has 0 N–H and O–H groups in total. The smallest absolute Gasteiger partial charge is 0.338 e. The highest BCUT2D eigenvalue weighted by molar-refractivity contribution is 5.95. The van der Waals surface area contributed by atoms with E-state index in [1.807, 2.05) is 0 Å². The Morgan fingerprint density at radius 2 is 1.96 bits per heavy atom. The van der Waals surface area contributed by atoms with Gasteiger partial charge in [0.2, 0.25) is 0 Å². The Morgan fingerprint density at radius 3 is 2.50 bits per heavy atom. The summed E-state index contributed by atoms with van der Waals surface area (Å²) in [5.74, 6) is -0.319. The third-order valence-electron chi connectivity index (χ3n) is 4.93. The van der Waals surface area contributed by atoms with Gasteiger partial charge in [0.15, 0.2) is 5.69 Å². The van der Waals surface area contributed by atoms with Crippen molar-refractivity contribution in [3.63, 3.8) is 0 Å². The van der Waals surface area contributed by atoms with Crippen molar-refractivity contribution < 1.29 is 22.9 Å². The van der Waals surface area contributed by atoms with Gasteiger partial charge < -0.3 is 4.90 Å². The zero-order chi connectivity index (χ0) is 20.5. The van der Waals surface area contributed by atoms with Crippen LogP contribution in [0.3, 0.4) is 0 Å². The van der Waals surface area contributed by atoms with Gasteiger partial charge in [-0.1, -0.05) is 13.0 Å². The SMILES string of the molecule is CCc1ccc(C(=O)N2CCC(n3ccc(C(F)(F)F)n3)CC2)cc1[N+](=O)[O-]. The van der Waals surface area contributed by atoms with E-state index in [2.05, 4.69) is 5.10 Å². The molecule has 28 heavy (non-hydrogen) atoms. The fraction of sp³-hybridized carbons (Fsp3) is 0.444. The van der Waals surface area contributed by atoms with Crippen molar-refractivity contribution in [3.8, 4) is 0 Å². The van der Waals surface area contributed by atoms with Crippen LogP contribution in [0, 0.1) is 10.1 Å². The van der Waals surface area contributed by atoms with Crippen LogP contribution in [-0.2, 0) is 12.6 Å². The molecule has 2 heterocycles. The van der Waals surface area contributed by atoms with Crippen molar-refractivity contribution in [3.05, 3.63) is 57.4 Å². The number of likely N-dealkylation sites (tertiary alicyclic amines) is 1. The molecule has 1 fully saturated rings. The number of aryl methyl sites for hydroxylation is 1. The maximum Gasteiger partial charge on any atom is 0.435 e. The van der Waals surface area contributed by atoms with E-state index in [0.29, 0.717) is 37.9 Å². The second-order valence-electron chi connectivity index (χ2n) is 6.66. The van der Waals surface area contributed by atoms with Gasteiger partial charge in [-0.05, 0) is 31.4 Å². The van der Waals surface area contributed by atoms with Crippen molar-refractivity contribution in [2.75, 3.05) is 13.1 Å². The number of amides is 1. The maximum atomic E-state index is 12.7. The molecule has 0 bridgehead atoms. The summed E-state index contributed by atoms with van der Waals surface area (Å²) < 4.78 is 39.4. The Morgan fingerprint density at radius 1 is 1.29 bits per heavy atom. The number of nitro groups is 1. The average Bonchev–Trinajstić information content (AvgIpc) is 3.17. The number of halogens is 3. The Hall–Kier alpha value is -2.91. The Labute approximate surface area is 158 Å². The summed E-state index contributed by atoms with van der Waals surface area (Å²) in [7, 11) is 0. The molecule has 7 nitrogen and oxygen atoms in total. The molecule has 2 aromatic rings. The normalized spacial score (nSPS) is 15.6. The molecule has 10 heteroatoms. The summed E-state index contributed by atoms with van der Waals surface area (Å²) in [5, 5.41) is 14.8. The zero-order valence-electron chi connectivity index (χ0n) is 15.1. The highest BCUT2D eigenvalue weighted by atomic mass is 19.4. The van der Waals surface area contributed by atoms with E-state index in [1.54, 1.807) is 24.0 Å². The summed E-state index contributed by atoms with van der Waals surface area (Å²) >= 11 is 0. The third kappa shape index (κ3) is 4.00. The predicted molar refractivity (Wildman–Crippen MR) is 93.9 cm³/mol. The third-order valence-corrected chi connectivity index (χ3v) is 4.93. The molecule has 1 aliphatic rings. The maximum absolute atomic E-state index is 12.7. The molecule has 1 saturated heterocycles. The Kier molecular flexibility index (Phi) is 5.39. The van der Waals surface area contributed by atoms with Crippen LogP contribution in [0.25, 0.3) is 0 Å². The van der Waals surface area contributed by atoms with E-state index in [-0.39, 0.29) is 23.2 Å². The van der Waals surface area contributed by atoms with Gasteiger partial charge in [-0.2, -0.15) is 18.3 Å². The van der Waals surface area contributed by atoms with Crippen LogP contribution in [0.15, 0.2) is 30.5 Å². The molecule has 0 radical (unpaired) electrons. The van der Waals surface area contributed by atoms with Gasteiger partial charge in [-0.15, -0.1) is 0 Å². The first kappa shape index (κ1) is 19.8. The van der Waals surface area contributed by atoms with E-state index in [9.17, 15) is 28.1 Å². The first-order chi connectivity index (χ1) is 13.2. The van der Waals surface area contributed by atoms with Crippen molar-refractivity contribution in [2.24, 2.45) is 0 Å². The van der Waals surface area contributed by atoms with Crippen LogP contribution < -0.4 is 0 Å². The van der Waals surface area contributed by atoms with E-state index >= 15 is 0 Å². The van der Waals surface area contributed by atoms with Gasteiger partial charge in [0.25, 0.3) is 11.6 Å². The summed E-state index contributed by atoms with van der Waals surface area (Å²) in [4.78, 5) is 24.9. The van der Waals surface area contributed by atoms with Crippen molar-refractivity contribution >= 4 is 11.6 Å². The monoisotopic (exact) mass is 396 g/mol. The van der Waals surface area contributed by atoms with Crippen molar-refractivity contribution in [1.82, 2.24) is 14.7 Å². The molecular formula is C18H19F3N4O3. The fourth-order valence-electron chi connectivity index (χ4n) is 3.37. The van der Waals surface area contributed by atoms with Gasteiger partial charge in [0.1, 0.15) is 0 Å². The lowest BCUT2D eigenvalue weighted by Gasteiger charge is -2.32. The summed E-state index contributed by atoms with van der Waals surface area (Å²) in [6, 6.07) is 5.16. The number of hydrogen-bond donors (Lipinski definition) is 0. The minimum absolute atomic E-state index is 0.0838. The van der Waals surface area contributed by atoms with Crippen LogP contribution in [0.4, 0.5) is 18.9 Å². The second-order valence-corrected chi connectivity index (χ2v) is 6.66. The van der Waals surface area contributed by atoms with Gasteiger partial charge >= 0.3 is 6.18 Å². The van der Waals surface area contributed by atoms with Crippen molar-refractivity contribution in [2.45, 2.75) is 38.4 Å². The molecule has 150 valence electrons. The molecule has 0 unspecified atom stereocenters. The van der Waals surface area contributed by atoms with Gasteiger partial charge in [0.05, 0.1) is 11.0 Å². The zero-order valence-corrected chi connectivity index (χ0v) is 15.1. The number of carbonyl (C=O) groups is 1. The van der Waals surface area contributed by atoms with E-state index in [0.717, 1.165) is 6.07 Å². The standard InChI is InChI=1S/C18H19F3N4O3/c1-2-12-3-4-13(11-15(12)25(27)28)17(26)23-8-5-14(6-9-23)24-10-7-16(22-24)18(19,20)21/h3-4,7,10-11,14H,2,5-6,8-9H2,1H3. The molecular weight excluding hydrogens is 377 g/mol. The molecule has 3 rings (SSSR count). The molecule has 1 amide bonds. The first-order valence-electron chi connectivity index (χ1n) is 8.89. The predicted octanol–water partition coefficient (Wildman–Crippen LogP) is 3.85. The average molecular weight is 396 g/mol. The van der Waals surface area contributed by atoms with Crippen LogP contribution in [0.1, 0.15) is 47.4 Å². The van der Waals surface area contributed by atoms with Gasteiger partial charge in [-0.3, -0.25) is 19.6 Å². The summed E-state index contributed by atoms with van der Waals surface area (Å²) in [6.07, 6.45) is -1.78. The Balaban J connectivity index is 1.68. The van der Waals surface area contributed by atoms with E-state index in [4.69, 9.17) is 0 Å². The lowest BCUT2D eigenvalue weighted by Crippen LogP contribution is -2.39. The van der Waals surface area contributed by atoms with Gasteiger partial charge in [-0.25, -0.2) is 0 Å². The van der Waals surface area contributed by atoms with Crippen molar-refractivity contribution in [1.29, 1.82) is 0 Å². The highest BCUT2D eigenvalue weighted by Gasteiger charge is 2.34. The molecule has 0 spiro atoms. The number of aromatic nitrogens is 2. The topological polar surface area (TPSA) is 81.3 Å². The van der Waals surface area contributed by atoms with Crippen LogP contribution in [-0.4, -0.2) is 38.6 Å². The molecule has 1 aromatic carbocycles. The lowest BCUT2D eigenvalue weighted by molar-refractivity contribution is -0.385. The number of benzene rings is 1. The summed E-state index contributed by atoms with van der Waals surface area (Å²) in [6.45, 7) is 2.48. The molecule has 1 aliphatic heterocycles. The second kappa shape index (κ2) is 7.61. The lowest BCUT2D eigenvalue weighted by atomic mass is 10.0. The minimum Gasteiger partial charge on any atom is -0.338 e. The van der Waals surface area contributed by atoms with Gasteiger partial charge in [0, 0.05) is 36.5 Å². The quantitative estimate of drug-likeness (QED) is 0.581. The minimum atomic E-state index is -4.48. The molecule has 0 atom stereocenters. The number of alkyl halides is 3.